The smallest absolute Gasteiger partial charge is 0.326 e. The van der Waals surface area contributed by atoms with E-state index in [1.807, 2.05) is 0 Å². The Morgan fingerprint density at radius 2 is 1.60 bits per heavy atom. The first kappa shape index (κ1) is 11.7. The van der Waals surface area contributed by atoms with E-state index in [0.717, 1.165) is 0 Å². The highest BCUT2D eigenvalue weighted by Gasteiger charge is 2.84. The van der Waals surface area contributed by atoms with E-state index < -0.39 is 42.0 Å². The minimum absolute atomic E-state index is 1.52. The van der Waals surface area contributed by atoms with E-state index >= 15 is 0 Å². The van der Waals surface area contributed by atoms with Crippen molar-refractivity contribution >= 4 is 11.9 Å². The van der Waals surface area contributed by atoms with Crippen molar-refractivity contribution in [1.82, 2.24) is 0 Å². The largest absolute Gasteiger partial charge is 0.481 e. The molecular formula is C7H6F4O4. The maximum atomic E-state index is 12.9. The molecule has 2 N–H and O–H groups in total. The van der Waals surface area contributed by atoms with Gasteiger partial charge in [0.1, 0.15) is 0 Å². The van der Waals surface area contributed by atoms with E-state index in [0.29, 0.717) is 0 Å². The van der Waals surface area contributed by atoms with E-state index in [2.05, 4.69) is 0 Å². The van der Waals surface area contributed by atoms with Crippen LogP contribution in [-0.2, 0) is 9.59 Å². The van der Waals surface area contributed by atoms with E-state index in [1.165, 1.54) is 0 Å². The highest BCUT2D eigenvalue weighted by Crippen LogP contribution is 2.64. The normalized spacial score (nSPS) is 31.7. The molecule has 0 aromatic carbocycles. The van der Waals surface area contributed by atoms with E-state index in [-0.39, 0.29) is 0 Å². The Morgan fingerprint density at radius 3 is 1.80 bits per heavy atom. The molecule has 1 aliphatic rings. The molecule has 0 heterocycles. The van der Waals surface area contributed by atoms with Crippen LogP contribution in [0, 0.1) is 5.41 Å². The summed E-state index contributed by atoms with van der Waals surface area (Å²) in [4.78, 5) is 20.6. The van der Waals surface area contributed by atoms with E-state index in [4.69, 9.17) is 10.2 Å². The average Bonchev–Trinajstić information content (AvgIpc) is 2.00. The molecule has 0 unspecified atom stereocenters. The van der Waals surface area contributed by atoms with E-state index in [9.17, 15) is 27.2 Å². The van der Waals surface area contributed by atoms with Crippen molar-refractivity contribution in [3.63, 3.8) is 0 Å². The van der Waals surface area contributed by atoms with Gasteiger partial charge in [-0.2, -0.15) is 17.6 Å². The zero-order chi connectivity index (χ0) is 12.1. The number of alkyl halides is 4. The van der Waals surface area contributed by atoms with E-state index in [1.54, 1.807) is 0 Å². The summed E-state index contributed by atoms with van der Waals surface area (Å²) in [6.45, 7) is 0. The van der Waals surface area contributed by atoms with Crippen LogP contribution in [0.2, 0.25) is 0 Å². The fourth-order valence-electron chi connectivity index (χ4n) is 1.56. The molecule has 0 saturated heterocycles. The van der Waals surface area contributed by atoms with Crippen LogP contribution >= 0.6 is 0 Å². The average molecular weight is 230 g/mol. The summed E-state index contributed by atoms with van der Waals surface area (Å²) in [7, 11) is 0. The van der Waals surface area contributed by atoms with Gasteiger partial charge in [-0.1, -0.05) is 0 Å². The molecule has 86 valence electrons. The predicted octanol–water partition coefficient (Wildman–Crippen LogP) is 1.21. The molecule has 1 rings (SSSR count). The number of halogens is 4. The van der Waals surface area contributed by atoms with Crippen molar-refractivity contribution in [2.75, 3.05) is 0 Å². The third-order valence-corrected chi connectivity index (χ3v) is 2.45. The lowest BCUT2D eigenvalue weighted by molar-refractivity contribution is -0.349. The highest BCUT2D eigenvalue weighted by atomic mass is 19.3. The summed E-state index contributed by atoms with van der Waals surface area (Å²) >= 11 is 0. The quantitative estimate of drug-likeness (QED) is 0.714. The first-order valence-corrected chi connectivity index (χ1v) is 3.78. The number of carboxylic acid groups (broad SMARTS) is 2. The lowest BCUT2D eigenvalue weighted by Crippen LogP contribution is -2.70. The Bertz CT molecular complexity index is 327. The van der Waals surface area contributed by atoms with Gasteiger partial charge in [-0.3, -0.25) is 9.59 Å². The zero-order valence-corrected chi connectivity index (χ0v) is 7.14. The fraction of sp³-hybridized carbons (Fsp3) is 0.714. The maximum Gasteiger partial charge on any atom is 0.326 e. The molecule has 4 nitrogen and oxygen atoms in total. The van der Waals surface area contributed by atoms with Crippen LogP contribution in [0.1, 0.15) is 12.8 Å². The van der Waals surface area contributed by atoms with Crippen molar-refractivity contribution < 1.29 is 37.4 Å². The molecule has 1 aliphatic carbocycles. The molecule has 1 saturated carbocycles. The van der Waals surface area contributed by atoms with Crippen LogP contribution < -0.4 is 0 Å². The number of hydrogen-bond donors (Lipinski definition) is 2. The van der Waals surface area contributed by atoms with Gasteiger partial charge in [0.25, 0.3) is 0 Å². The van der Waals surface area contributed by atoms with Gasteiger partial charge in [-0.25, -0.2) is 0 Å². The van der Waals surface area contributed by atoms with Crippen molar-refractivity contribution in [2.24, 2.45) is 5.41 Å². The Balaban J connectivity index is 3.08. The van der Waals surface area contributed by atoms with Crippen LogP contribution in [0.15, 0.2) is 0 Å². The number of carboxylic acids is 2. The maximum absolute atomic E-state index is 12.9. The number of hydrogen-bond acceptors (Lipinski definition) is 2. The first-order chi connectivity index (χ1) is 6.57. The molecule has 0 aromatic rings. The molecule has 0 radical (unpaired) electrons. The lowest BCUT2D eigenvalue weighted by Gasteiger charge is -2.50. The summed E-state index contributed by atoms with van der Waals surface area (Å²) in [5.41, 5.74) is -3.19. The number of aliphatic carboxylic acids is 2. The van der Waals surface area contributed by atoms with Gasteiger partial charge < -0.3 is 10.2 Å². The number of carbonyl (C=O) groups is 2. The molecule has 0 amide bonds. The van der Waals surface area contributed by atoms with Gasteiger partial charge >= 0.3 is 23.8 Å². The summed E-state index contributed by atoms with van der Waals surface area (Å²) in [5, 5.41) is 16.6. The van der Waals surface area contributed by atoms with Gasteiger partial charge in [0, 0.05) is 6.42 Å². The third kappa shape index (κ3) is 1.27. The highest BCUT2D eigenvalue weighted by molar-refractivity contribution is 5.84. The lowest BCUT2D eigenvalue weighted by atomic mass is 9.60. The molecule has 0 bridgehead atoms. The molecule has 1 fully saturated rings. The second-order valence-electron chi connectivity index (χ2n) is 3.41. The Morgan fingerprint density at radius 1 is 1.13 bits per heavy atom. The van der Waals surface area contributed by atoms with Crippen molar-refractivity contribution in [1.29, 1.82) is 0 Å². The molecule has 0 aliphatic heterocycles. The van der Waals surface area contributed by atoms with Crippen LogP contribution in [0.5, 0.6) is 0 Å². The zero-order valence-electron chi connectivity index (χ0n) is 7.14. The Labute approximate surface area is 80.5 Å². The summed E-state index contributed by atoms with van der Waals surface area (Å²) in [6.07, 6.45) is -3.18. The van der Waals surface area contributed by atoms with Gasteiger partial charge in [0.2, 0.25) is 0 Å². The number of rotatable bonds is 3. The molecule has 8 heteroatoms. The van der Waals surface area contributed by atoms with Gasteiger partial charge in [0.05, 0.1) is 6.42 Å². The Kier molecular flexibility index (Phi) is 2.21. The standard InChI is InChI=1S/C7H6F4O4/c8-6(9)2-5(4(14)15,1-3(12)13)7(6,10)11/h1-2H2,(H,12,13)(H,14,15)/t5-/m1/s1. The monoisotopic (exact) mass is 230 g/mol. The molecule has 0 aromatic heterocycles. The third-order valence-electron chi connectivity index (χ3n) is 2.45. The topological polar surface area (TPSA) is 74.6 Å². The minimum Gasteiger partial charge on any atom is -0.481 e. The SMILES string of the molecule is O=C(O)C[C@]1(C(=O)O)CC(F)(F)C1(F)F. The van der Waals surface area contributed by atoms with Crippen LogP contribution in [0.25, 0.3) is 0 Å². The fourth-order valence-corrected chi connectivity index (χ4v) is 1.56. The summed E-state index contributed by atoms with van der Waals surface area (Å²) in [6, 6.07) is 0. The Hall–Kier alpha value is -1.34. The van der Waals surface area contributed by atoms with Crippen molar-refractivity contribution in [2.45, 2.75) is 24.7 Å². The summed E-state index contributed by atoms with van der Waals surface area (Å²) < 4.78 is 50.5. The molecule has 0 spiro atoms. The predicted molar refractivity (Wildman–Crippen MR) is 36.8 cm³/mol. The van der Waals surface area contributed by atoms with Crippen LogP contribution in [-0.4, -0.2) is 34.0 Å². The van der Waals surface area contributed by atoms with Crippen molar-refractivity contribution in [3.05, 3.63) is 0 Å². The minimum atomic E-state index is -4.83. The molecule has 15 heavy (non-hydrogen) atoms. The second-order valence-corrected chi connectivity index (χ2v) is 3.41. The van der Waals surface area contributed by atoms with Crippen LogP contribution in [0.4, 0.5) is 17.6 Å². The van der Waals surface area contributed by atoms with Crippen molar-refractivity contribution in [3.8, 4) is 0 Å². The van der Waals surface area contributed by atoms with Gasteiger partial charge in [0.15, 0.2) is 5.41 Å². The molecule has 1 atom stereocenters. The van der Waals surface area contributed by atoms with Gasteiger partial charge in [-0.15, -0.1) is 0 Å². The van der Waals surface area contributed by atoms with Gasteiger partial charge in [-0.05, 0) is 0 Å². The first-order valence-electron chi connectivity index (χ1n) is 3.78. The summed E-state index contributed by atoms with van der Waals surface area (Å²) in [5.74, 6) is -13.4. The second kappa shape index (κ2) is 2.83. The molecular weight excluding hydrogens is 224 g/mol. The van der Waals surface area contributed by atoms with Crippen LogP contribution in [0.3, 0.4) is 0 Å².